The first-order chi connectivity index (χ1) is 5.38. The van der Waals surface area contributed by atoms with Gasteiger partial charge < -0.3 is 10.1 Å². The topological polar surface area (TPSA) is 24.5 Å². The van der Waals surface area contributed by atoms with Crippen molar-refractivity contribution in [1.82, 2.24) is 10.2 Å². The second kappa shape index (κ2) is 4.70. The van der Waals surface area contributed by atoms with E-state index in [9.17, 15) is 0 Å². The molecule has 1 unspecified atom stereocenters. The number of rotatable bonds is 4. The van der Waals surface area contributed by atoms with E-state index < -0.39 is 0 Å². The van der Waals surface area contributed by atoms with Gasteiger partial charge in [-0.1, -0.05) is 0 Å². The van der Waals surface area contributed by atoms with Crippen molar-refractivity contribution in [3.63, 3.8) is 0 Å². The van der Waals surface area contributed by atoms with Crippen LogP contribution in [0.5, 0.6) is 0 Å². The number of methoxy groups -OCH3 is 1. The fraction of sp³-hybridized carbons (Fsp3) is 1.00. The summed E-state index contributed by atoms with van der Waals surface area (Å²) in [6.07, 6.45) is 3.18. The number of hydrogen-bond acceptors (Lipinski definition) is 3. The standard InChI is InChI=1S/C8H18N2O/c1-9-8-4-3-5-10(8)6-7-11-2/h8-9H,3-7H2,1-2H3. The zero-order valence-corrected chi connectivity index (χ0v) is 7.47. The van der Waals surface area contributed by atoms with Gasteiger partial charge in [0.2, 0.25) is 0 Å². The van der Waals surface area contributed by atoms with Crippen LogP contribution in [0, 0.1) is 0 Å². The summed E-state index contributed by atoms with van der Waals surface area (Å²) in [5.41, 5.74) is 0. The largest absolute Gasteiger partial charge is 0.383 e. The lowest BCUT2D eigenvalue weighted by Crippen LogP contribution is -2.40. The highest BCUT2D eigenvalue weighted by molar-refractivity contribution is 4.75. The lowest BCUT2D eigenvalue weighted by Gasteiger charge is -2.23. The average molecular weight is 158 g/mol. The van der Waals surface area contributed by atoms with Gasteiger partial charge in [-0.15, -0.1) is 0 Å². The molecule has 1 saturated heterocycles. The molecule has 1 rings (SSSR count). The Kier molecular flexibility index (Phi) is 3.83. The number of ether oxygens (including phenoxy) is 1. The van der Waals surface area contributed by atoms with Crippen LogP contribution in [0.2, 0.25) is 0 Å². The van der Waals surface area contributed by atoms with Crippen molar-refractivity contribution in [3.05, 3.63) is 0 Å². The predicted molar refractivity (Wildman–Crippen MR) is 45.5 cm³/mol. The summed E-state index contributed by atoms with van der Waals surface area (Å²) < 4.78 is 5.03. The van der Waals surface area contributed by atoms with Crippen LogP contribution >= 0.6 is 0 Å². The molecular weight excluding hydrogens is 140 g/mol. The molecule has 1 atom stereocenters. The SMILES string of the molecule is CNC1CCCN1CCOC. The fourth-order valence-corrected chi connectivity index (χ4v) is 1.63. The molecule has 3 heteroatoms. The summed E-state index contributed by atoms with van der Waals surface area (Å²) in [6.45, 7) is 3.12. The smallest absolute Gasteiger partial charge is 0.0595 e. The Hall–Kier alpha value is -0.120. The van der Waals surface area contributed by atoms with Gasteiger partial charge in [-0.3, -0.25) is 4.90 Å². The second-order valence-electron chi connectivity index (χ2n) is 2.98. The molecule has 0 spiro atoms. The van der Waals surface area contributed by atoms with Gasteiger partial charge in [0.05, 0.1) is 12.8 Å². The van der Waals surface area contributed by atoms with Gasteiger partial charge >= 0.3 is 0 Å². The van der Waals surface area contributed by atoms with E-state index in [2.05, 4.69) is 10.2 Å². The van der Waals surface area contributed by atoms with E-state index in [4.69, 9.17) is 4.74 Å². The molecule has 1 aliphatic rings. The van der Waals surface area contributed by atoms with E-state index in [-0.39, 0.29) is 0 Å². The van der Waals surface area contributed by atoms with Crippen molar-refractivity contribution in [2.75, 3.05) is 33.9 Å². The molecule has 0 amide bonds. The molecule has 0 aromatic heterocycles. The number of nitrogens with zero attached hydrogens (tertiary/aromatic N) is 1. The van der Waals surface area contributed by atoms with Crippen LogP contribution in [-0.4, -0.2) is 44.9 Å². The normalized spacial score (nSPS) is 26.2. The summed E-state index contributed by atoms with van der Waals surface area (Å²) in [5.74, 6) is 0. The minimum absolute atomic E-state index is 0.588. The maximum Gasteiger partial charge on any atom is 0.0595 e. The van der Waals surface area contributed by atoms with Crippen molar-refractivity contribution in [2.45, 2.75) is 19.0 Å². The lowest BCUT2D eigenvalue weighted by molar-refractivity contribution is 0.133. The van der Waals surface area contributed by atoms with Crippen molar-refractivity contribution < 1.29 is 4.74 Å². The van der Waals surface area contributed by atoms with Crippen LogP contribution in [0.15, 0.2) is 0 Å². The maximum atomic E-state index is 5.03. The molecule has 11 heavy (non-hydrogen) atoms. The Labute approximate surface area is 68.7 Å². The Balaban J connectivity index is 2.20. The van der Waals surface area contributed by atoms with Gasteiger partial charge in [-0.25, -0.2) is 0 Å². The van der Waals surface area contributed by atoms with Gasteiger partial charge in [0.1, 0.15) is 0 Å². The molecule has 1 heterocycles. The van der Waals surface area contributed by atoms with Gasteiger partial charge in [-0.05, 0) is 26.4 Å². The highest BCUT2D eigenvalue weighted by atomic mass is 16.5. The summed E-state index contributed by atoms with van der Waals surface area (Å²) >= 11 is 0. The van der Waals surface area contributed by atoms with Gasteiger partial charge in [0.25, 0.3) is 0 Å². The van der Waals surface area contributed by atoms with E-state index >= 15 is 0 Å². The van der Waals surface area contributed by atoms with E-state index in [0.717, 1.165) is 13.2 Å². The molecule has 0 aromatic carbocycles. The third kappa shape index (κ3) is 2.43. The van der Waals surface area contributed by atoms with E-state index in [1.165, 1.54) is 19.4 Å². The van der Waals surface area contributed by atoms with Gasteiger partial charge in [-0.2, -0.15) is 0 Å². The van der Waals surface area contributed by atoms with Crippen molar-refractivity contribution in [3.8, 4) is 0 Å². The molecule has 3 nitrogen and oxygen atoms in total. The van der Waals surface area contributed by atoms with Crippen LogP contribution < -0.4 is 5.32 Å². The third-order valence-electron chi connectivity index (χ3n) is 2.28. The van der Waals surface area contributed by atoms with Crippen LogP contribution in [0.3, 0.4) is 0 Å². The minimum atomic E-state index is 0.588. The van der Waals surface area contributed by atoms with E-state index in [1.807, 2.05) is 7.05 Å². The summed E-state index contributed by atoms with van der Waals surface area (Å²) in [5, 5.41) is 3.29. The predicted octanol–water partition coefficient (Wildman–Crippen LogP) is 0.274. The second-order valence-corrected chi connectivity index (χ2v) is 2.98. The lowest BCUT2D eigenvalue weighted by atomic mass is 10.3. The maximum absolute atomic E-state index is 5.03. The molecular formula is C8H18N2O. The zero-order chi connectivity index (χ0) is 8.10. The summed E-state index contributed by atoms with van der Waals surface area (Å²) in [7, 11) is 3.78. The molecule has 0 bridgehead atoms. The third-order valence-corrected chi connectivity index (χ3v) is 2.28. The number of hydrogen-bond donors (Lipinski definition) is 1. The molecule has 1 fully saturated rings. The Morgan fingerprint density at radius 3 is 3.09 bits per heavy atom. The summed E-state index contributed by atoms with van der Waals surface area (Å²) in [4.78, 5) is 2.43. The quantitative estimate of drug-likeness (QED) is 0.636. The van der Waals surface area contributed by atoms with Crippen molar-refractivity contribution in [1.29, 1.82) is 0 Å². The first-order valence-electron chi connectivity index (χ1n) is 4.28. The first kappa shape index (κ1) is 8.97. The molecule has 0 aliphatic carbocycles. The Bertz CT molecular complexity index is 108. The summed E-state index contributed by atoms with van der Waals surface area (Å²) in [6, 6.07) is 0. The Morgan fingerprint density at radius 1 is 1.64 bits per heavy atom. The molecule has 1 aliphatic heterocycles. The van der Waals surface area contributed by atoms with Crippen molar-refractivity contribution >= 4 is 0 Å². The number of likely N-dealkylation sites (tertiary alicyclic amines) is 1. The minimum Gasteiger partial charge on any atom is -0.383 e. The fourth-order valence-electron chi connectivity index (χ4n) is 1.63. The molecule has 0 aromatic rings. The first-order valence-corrected chi connectivity index (χ1v) is 4.28. The van der Waals surface area contributed by atoms with E-state index in [1.54, 1.807) is 7.11 Å². The molecule has 0 saturated carbocycles. The van der Waals surface area contributed by atoms with Gasteiger partial charge in [0, 0.05) is 13.7 Å². The highest BCUT2D eigenvalue weighted by Gasteiger charge is 2.21. The van der Waals surface area contributed by atoms with Crippen LogP contribution in [0.1, 0.15) is 12.8 Å². The van der Waals surface area contributed by atoms with Crippen LogP contribution in [0.4, 0.5) is 0 Å². The van der Waals surface area contributed by atoms with Crippen molar-refractivity contribution in [2.24, 2.45) is 0 Å². The molecule has 1 N–H and O–H groups in total. The zero-order valence-electron chi connectivity index (χ0n) is 7.47. The van der Waals surface area contributed by atoms with Gasteiger partial charge in [0.15, 0.2) is 0 Å². The molecule has 66 valence electrons. The monoisotopic (exact) mass is 158 g/mol. The van der Waals surface area contributed by atoms with Crippen LogP contribution in [-0.2, 0) is 4.74 Å². The molecule has 0 radical (unpaired) electrons. The average Bonchev–Trinajstić information content (AvgIpc) is 2.47. The Morgan fingerprint density at radius 2 is 2.45 bits per heavy atom. The highest BCUT2D eigenvalue weighted by Crippen LogP contribution is 2.13. The number of nitrogens with one attached hydrogen (secondary N) is 1. The van der Waals surface area contributed by atoms with Crippen LogP contribution in [0.25, 0.3) is 0 Å². The van der Waals surface area contributed by atoms with E-state index in [0.29, 0.717) is 6.17 Å².